The molecule has 0 bridgehead atoms. The minimum atomic E-state index is -0.606. The van der Waals surface area contributed by atoms with Gasteiger partial charge >= 0.3 is 0 Å². The number of carbonyl (C=O) groups excluding carboxylic acids is 1. The summed E-state index contributed by atoms with van der Waals surface area (Å²) >= 11 is 0. The molecule has 0 aliphatic carbocycles. The number of carbonyl (C=O) groups is 1. The Morgan fingerprint density at radius 2 is 2.17 bits per heavy atom. The van der Waals surface area contributed by atoms with Gasteiger partial charge in [-0.1, -0.05) is 5.16 Å². The summed E-state index contributed by atoms with van der Waals surface area (Å²) < 4.78 is 5.19. The van der Waals surface area contributed by atoms with Crippen LogP contribution in [-0.4, -0.2) is 51.3 Å². The number of aliphatic hydroxyl groups excluding tert-OH is 1. The van der Waals surface area contributed by atoms with Gasteiger partial charge in [0.2, 0.25) is 0 Å². The standard InChI is InChI=1S/C17H22N4O3/c1-11-14(12(2)24-20-11)9-21-8-5-15(16(22)10-21)19-17(23)13-3-6-18-7-4-13/h3-4,6-7,15-16,22H,5,8-10H2,1-2H3,(H,19,23)/t15-,16-/m1/s1. The molecule has 2 aromatic heterocycles. The summed E-state index contributed by atoms with van der Waals surface area (Å²) in [6.45, 7) is 5.81. The SMILES string of the molecule is Cc1noc(C)c1CN1CC[C@@H](NC(=O)c2ccncc2)[C@H](O)C1. The van der Waals surface area contributed by atoms with Crippen LogP contribution in [0.4, 0.5) is 0 Å². The largest absolute Gasteiger partial charge is 0.390 e. The fourth-order valence-electron chi connectivity index (χ4n) is 3.02. The van der Waals surface area contributed by atoms with Gasteiger partial charge in [-0.05, 0) is 32.4 Å². The molecule has 0 radical (unpaired) electrons. The molecular formula is C17H22N4O3. The number of hydrogen-bond donors (Lipinski definition) is 2. The molecular weight excluding hydrogens is 308 g/mol. The second kappa shape index (κ2) is 7.11. The van der Waals surface area contributed by atoms with E-state index in [1.807, 2.05) is 13.8 Å². The predicted molar refractivity (Wildman–Crippen MR) is 87.4 cm³/mol. The van der Waals surface area contributed by atoms with Crippen LogP contribution in [0.2, 0.25) is 0 Å². The average molecular weight is 330 g/mol. The van der Waals surface area contributed by atoms with E-state index in [1.165, 1.54) is 0 Å². The lowest BCUT2D eigenvalue weighted by molar-refractivity contribution is 0.0347. The lowest BCUT2D eigenvalue weighted by Crippen LogP contribution is -2.53. The van der Waals surface area contributed by atoms with Crippen LogP contribution < -0.4 is 5.32 Å². The van der Waals surface area contributed by atoms with Crippen molar-refractivity contribution in [1.29, 1.82) is 0 Å². The van der Waals surface area contributed by atoms with Crippen LogP contribution in [-0.2, 0) is 6.54 Å². The van der Waals surface area contributed by atoms with Crippen molar-refractivity contribution >= 4 is 5.91 Å². The molecule has 0 aromatic carbocycles. The minimum Gasteiger partial charge on any atom is -0.390 e. The first-order valence-electron chi connectivity index (χ1n) is 8.07. The summed E-state index contributed by atoms with van der Waals surface area (Å²) in [6, 6.07) is 3.08. The Morgan fingerprint density at radius 3 is 2.79 bits per heavy atom. The van der Waals surface area contributed by atoms with E-state index in [1.54, 1.807) is 24.5 Å². The Labute approximate surface area is 140 Å². The maximum atomic E-state index is 12.2. The Kier molecular flexibility index (Phi) is 4.92. The molecule has 0 saturated carbocycles. The normalized spacial score (nSPS) is 21.6. The van der Waals surface area contributed by atoms with Crippen LogP contribution in [0.5, 0.6) is 0 Å². The first-order valence-corrected chi connectivity index (χ1v) is 8.07. The first-order chi connectivity index (χ1) is 11.5. The van der Waals surface area contributed by atoms with Gasteiger partial charge < -0.3 is 14.9 Å². The second-order valence-electron chi connectivity index (χ2n) is 6.21. The van der Waals surface area contributed by atoms with Crippen molar-refractivity contribution in [3.05, 3.63) is 47.1 Å². The third-order valence-electron chi connectivity index (χ3n) is 4.49. The molecule has 1 aliphatic heterocycles. The van der Waals surface area contributed by atoms with Gasteiger partial charge in [0.05, 0.1) is 17.8 Å². The van der Waals surface area contributed by atoms with Crippen molar-refractivity contribution < 1.29 is 14.4 Å². The van der Waals surface area contributed by atoms with Crippen molar-refractivity contribution in [2.75, 3.05) is 13.1 Å². The summed E-state index contributed by atoms with van der Waals surface area (Å²) in [7, 11) is 0. The molecule has 7 heteroatoms. The highest BCUT2D eigenvalue weighted by molar-refractivity contribution is 5.94. The number of nitrogens with zero attached hydrogens (tertiary/aromatic N) is 3. The van der Waals surface area contributed by atoms with Gasteiger partial charge in [-0.25, -0.2) is 0 Å². The summed E-state index contributed by atoms with van der Waals surface area (Å²) in [5, 5.41) is 17.3. The topological polar surface area (TPSA) is 91.5 Å². The molecule has 1 saturated heterocycles. The number of hydrogen-bond acceptors (Lipinski definition) is 6. The van der Waals surface area contributed by atoms with Gasteiger partial charge in [0, 0.05) is 43.2 Å². The van der Waals surface area contributed by atoms with E-state index in [-0.39, 0.29) is 11.9 Å². The maximum absolute atomic E-state index is 12.2. The second-order valence-corrected chi connectivity index (χ2v) is 6.21. The molecule has 0 unspecified atom stereocenters. The fraction of sp³-hybridized carbons (Fsp3) is 0.471. The maximum Gasteiger partial charge on any atom is 0.251 e. The zero-order valence-electron chi connectivity index (χ0n) is 13.9. The van der Waals surface area contributed by atoms with Gasteiger partial charge in [0.15, 0.2) is 0 Å². The smallest absolute Gasteiger partial charge is 0.251 e. The summed E-state index contributed by atoms with van der Waals surface area (Å²) in [5.74, 6) is 0.635. The molecule has 7 nitrogen and oxygen atoms in total. The number of aliphatic hydroxyl groups is 1. The molecule has 2 aromatic rings. The van der Waals surface area contributed by atoms with E-state index in [0.717, 1.165) is 23.6 Å². The van der Waals surface area contributed by atoms with Crippen molar-refractivity contribution in [3.63, 3.8) is 0 Å². The van der Waals surface area contributed by atoms with Crippen molar-refractivity contribution in [1.82, 2.24) is 20.4 Å². The predicted octanol–water partition coefficient (Wildman–Crippen LogP) is 1.05. The quantitative estimate of drug-likeness (QED) is 0.871. The van der Waals surface area contributed by atoms with Crippen molar-refractivity contribution in [2.45, 2.75) is 39.0 Å². The number of pyridine rings is 1. The van der Waals surface area contributed by atoms with E-state index in [9.17, 15) is 9.90 Å². The van der Waals surface area contributed by atoms with Crippen LogP contribution in [0.15, 0.2) is 29.0 Å². The lowest BCUT2D eigenvalue weighted by Gasteiger charge is -2.36. The van der Waals surface area contributed by atoms with Crippen LogP contribution in [0.25, 0.3) is 0 Å². The van der Waals surface area contributed by atoms with Crippen LogP contribution in [0.1, 0.15) is 33.8 Å². The third kappa shape index (κ3) is 3.63. The summed E-state index contributed by atoms with van der Waals surface area (Å²) in [4.78, 5) is 18.3. The number of piperidine rings is 1. The Bertz CT molecular complexity index is 682. The first kappa shape index (κ1) is 16.6. The number of aryl methyl sites for hydroxylation is 2. The van der Waals surface area contributed by atoms with E-state index in [4.69, 9.17) is 4.52 Å². The number of rotatable bonds is 4. The molecule has 3 heterocycles. The molecule has 2 N–H and O–H groups in total. The highest BCUT2D eigenvalue weighted by atomic mass is 16.5. The van der Waals surface area contributed by atoms with Gasteiger partial charge in [-0.15, -0.1) is 0 Å². The van der Waals surface area contributed by atoms with Gasteiger partial charge in [-0.2, -0.15) is 0 Å². The molecule has 1 aliphatic rings. The zero-order valence-corrected chi connectivity index (χ0v) is 13.9. The van der Waals surface area contributed by atoms with E-state index in [0.29, 0.717) is 25.1 Å². The average Bonchev–Trinajstić information content (AvgIpc) is 2.90. The molecule has 0 spiro atoms. The number of nitrogens with one attached hydrogen (secondary N) is 1. The Balaban J connectivity index is 1.56. The van der Waals surface area contributed by atoms with Gasteiger partial charge in [0.25, 0.3) is 5.91 Å². The van der Waals surface area contributed by atoms with Gasteiger partial charge in [0.1, 0.15) is 5.76 Å². The molecule has 24 heavy (non-hydrogen) atoms. The third-order valence-corrected chi connectivity index (χ3v) is 4.49. The van der Waals surface area contributed by atoms with Crippen molar-refractivity contribution in [3.8, 4) is 0 Å². The number of amides is 1. The van der Waals surface area contributed by atoms with E-state index in [2.05, 4.69) is 20.4 Å². The van der Waals surface area contributed by atoms with Crippen molar-refractivity contribution in [2.24, 2.45) is 0 Å². The molecule has 3 rings (SSSR count). The van der Waals surface area contributed by atoms with Gasteiger partial charge in [-0.3, -0.25) is 14.7 Å². The highest BCUT2D eigenvalue weighted by Crippen LogP contribution is 2.19. The molecule has 1 amide bonds. The van der Waals surface area contributed by atoms with Crippen LogP contribution in [0, 0.1) is 13.8 Å². The Hall–Kier alpha value is -2.25. The van der Waals surface area contributed by atoms with Crippen LogP contribution >= 0.6 is 0 Å². The van der Waals surface area contributed by atoms with Crippen LogP contribution in [0.3, 0.4) is 0 Å². The molecule has 128 valence electrons. The number of β-amino-alcohol motifs (C(OH)–C–C–N with tert-alkyl or cyclic N) is 1. The van der Waals surface area contributed by atoms with E-state index >= 15 is 0 Å². The minimum absolute atomic E-state index is 0.180. The summed E-state index contributed by atoms with van der Waals surface area (Å²) in [5.41, 5.74) is 2.51. The monoisotopic (exact) mass is 330 g/mol. The zero-order chi connectivity index (χ0) is 17.1. The summed E-state index contributed by atoms with van der Waals surface area (Å²) in [6.07, 6.45) is 3.25. The fourth-order valence-corrected chi connectivity index (χ4v) is 3.02. The number of likely N-dealkylation sites (tertiary alicyclic amines) is 1. The molecule has 2 atom stereocenters. The van der Waals surface area contributed by atoms with E-state index < -0.39 is 6.10 Å². The lowest BCUT2D eigenvalue weighted by atomic mass is 10.0. The Morgan fingerprint density at radius 1 is 1.42 bits per heavy atom. The molecule has 1 fully saturated rings. The number of aromatic nitrogens is 2. The highest BCUT2D eigenvalue weighted by Gasteiger charge is 2.29.